The molecular formula is C19H23NO2. The highest BCUT2D eigenvalue weighted by molar-refractivity contribution is 5.94. The van der Waals surface area contributed by atoms with Crippen molar-refractivity contribution in [2.24, 2.45) is 0 Å². The van der Waals surface area contributed by atoms with Gasteiger partial charge in [0.25, 0.3) is 5.91 Å². The number of aryl methyl sites for hydroxylation is 3. The molecule has 3 heteroatoms. The number of hydrogen-bond donors (Lipinski definition) is 1. The normalized spacial score (nSPS) is 11.9. The van der Waals surface area contributed by atoms with Crippen molar-refractivity contribution >= 4 is 11.6 Å². The van der Waals surface area contributed by atoms with Crippen LogP contribution < -0.4 is 10.1 Å². The second kappa shape index (κ2) is 6.65. The smallest absolute Gasteiger partial charge is 0.265 e. The summed E-state index contributed by atoms with van der Waals surface area (Å²) in [6, 6.07) is 11.8. The van der Waals surface area contributed by atoms with Crippen LogP contribution >= 0.6 is 0 Å². The number of nitrogens with one attached hydrogen (secondary N) is 1. The molecule has 2 aromatic carbocycles. The maximum Gasteiger partial charge on any atom is 0.265 e. The van der Waals surface area contributed by atoms with Crippen LogP contribution in [0.1, 0.15) is 29.2 Å². The molecule has 0 unspecified atom stereocenters. The zero-order valence-electron chi connectivity index (χ0n) is 13.9. The van der Waals surface area contributed by atoms with Gasteiger partial charge in [-0.25, -0.2) is 0 Å². The Kier molecular flexibility index (Phi) is 4.86. The van der Waals surface area contributed by atoms with Crippen LogP contribution in [0.4, 0.5) is 5.69 Å². The van der Waals surface area contributed by atoms with E-state index in [1.165, 1.54) is 5.56 Å². The fraction of sp³-hybridized carbons (Fsp3) is 0.316. The number of hydrogen-bond acceptors (Lipinski definition) is 2. The van der Waals surface area contributed by atoms with Crippen molar-refractivity contribution in [1.29, 1.82) is 0 Å². The third-order valence-corrected chi connectivity index (χ3v) is 3.76. The van der Waals surface area contributed by atoms with Crippen LogP contribution in [0, 0.1) is 27.7 Å². The summed E-state index contributed by atoms with van der Waals surface area (Å²) in [6.07, 6.45) is -0.554. The van der Waals surface area contributed by atoms with Crippen molar-refractivity contribution in [2.75, 3.05) is 5.32 Å². The number of ether oxygens (including phenoxy) is 1. The van der Waals surface area contributed by atoms with Gasteiger partial charge in [0.1, 0.15) is 5.75 Å². The highest BCUT2D eigenvalue weighted by atomic mass is 16.5. The summed E-state index contributed by atoms with van der Waals surface area (Å²) < 4.78 is 5.85. The molecule has 116 valence electrons. The highest BCUT2D eigenvalue weighted by Gasteiger charge is 2.16. The van der Waals surface area contributed by atoms with Crippen LogP contribution in [0.5, 0.6) is 5.75 Å². The molecule has 0 radical (unpaired) electrons. The Morgan fingerprint density at radius 2 is 1.64 bits per heavy atom. The van der Waals surface area contributed by atoms with Crippen molar-refractivity contribution in [3.63, 3.8) is 0 Å². The van der Waals surface area contributed by atoms with Gasteiger partial charge in [-0.15, -0.1) is 0 Å². The minimum absolute atomic E-state index is 0.151. The molecule has 0 aliphatic carbocycles. The molecule has 0 saturated heterocycles. The van der Waals surface area contributed by atoms with E-state index < -0.39 is 6.10 Å². The molecule has 0 aliphatic heterocycles. The average Bonchev–Trinajstić information content (AvgIpc) is 2.46. The van der Waals surface area contributed by atoms with E-state index in [-0.39, 0.29) is 5.91 Å². The maximum atomic E-state index is 12.2. The molecular weight excluding hydrogens is 274 g/mol. The summed E-state index contributed by atoms with van der Waals surface area (Å²) in [7, 11) is 0. The van der Waals surface area contributed by atoms with Crippen LogP contribution in [0.25, 0.3) is 0 Å². The highest BCUT2D eigenvalue weighted by Crippen LogP contribution is 2.24. The number of rotatable bonds is 4. The van der Waals surface area contributed by atoms with Crippen LogP contribution in [0.3, 0.4) is 0 Å². The van der Waals surface area contributed by atoms with E-state index in [0.29, 0.717) is 0 Å². The van der Waals surface area contributed by atoms with E-state index in [2.05, 4.69) is 11.4 Å². The third-order valence-electron chi connectivity index (χ3n) is 3.76. The maximum absolute atomic E-state index is 12.2. The Hall–Kier alpha value is -2.29. The second-order valence-electron chi connectivity index (χ2n) is 5.82. The average molecular weight is 297 g/mol. The standard InChI is InChI=1S/C19H23NO2/c1-12-6-8-17(9-7-12)20-19(21)16(5)22-18-11-13(2)10-14(3)15(18)4/h6-11,16H,1-5H3,(H,20,21)/t16-/m1/s1. The van der Waals surface area contributed by atoms with Gasteiger partial charge in [-0.05, 0) is 69.5 Å². The number of carbonyl (C=O) groups is 1. The van der Waals surface area contributed by atoms with Crippen molar-refractivity contribution in [2.45, 2.75) is 40.7 Å². The van der Waals surface area contributed by atoms with E-state index in [9.17, 15) is 4.79 Å². The third kappa shape index (κ3) is 3.88. The first-order valence-electron chi connectivity index (χ1n) is 7.49. The van der Waals surface area contributed by atoms with Gasteiger partial charge in [0.2, 0.25) is 0 Å². The van der Waals surface area contributed by atoms with Gasteiger partial charge in [0, 0.05) is 5.69 Å². The zero-order chi connectivity index (χ0) is 16.3. The molecule has 3 nitrogen and oxygen atoms in total. The van der Waals surface area contributed by atoms with E-state index in [1.807, 2.05) is 58.0 Å². The number of benzene rings is 2. The molecule has 1 atom stereocenters. The molecule has 2 rings (SSSR count). The molecule has 0 aromatic heterocycles. The van der Waals surface area contributed by atoms with Crippen molar-refractivity contribution < 1.29 is 9.53 Å². The Morgan fingerprint density at radius 1 is 1.00 bits per heavy atom. The van der Waals surface area contributed by atoms with Gasteiger partial charge < -0.3 is 10.1 Å². The SMILES string of the molecule is Cc1ccc(NC(=O)[C@@H](C)Oc2cc(C)cc(C)c2C)cc1. The quantitative estimate of drug-likeness (QED) is 0.912. The van der Waals surface area contributed by atoms with E-state index >= 15 is 0 Å². The van der Waals surface area contributed by atoms with Crippen molar-refractivity contribution in [3.8, 4) is 5.75 Å². The van der Waals surface area contributed by atoms with Crippen molar-refractivity contribution in [1.82, 2.24) is 0 Å². The summed E-state index contributed by atoms with van der Waals surface area (Å²) in [5, 5.41) is 2.87. The van der Waals surface area contributed by atoms with E-state index in [4.69, 9.17) is 4.74 Å². The van der Waals surface area contributed by atoms with Gasteiger partial charge in [-0.3, -0.25) is 4.79 Å². The van der Waals surface area contributed by atoms with Crippen LogP contribution in [0.15, 0.2) is 36.4 Å². The second-order valence-corrected chi connectivity index (χ2v) is 5.82. The summed E-state index contributed by atoms with van der Waals surface area (Å²) >= 11 is 0. The molecule has 1 amide bonds. The van der Waals surface area contributed by atoms with E-state index in [0.717, 1.165) is 28.1 Å². The summed E-state index contributed by atoms with van der Waals surface area (Å²) in [4.78, 5) is 12.2. The largest absolute Gasteiger partial charge is 0.481 e. The summed E-state index contributed by atoms with van der Waals surface area (Å²) in [5.41, 5.74) is 5.31. The molecule has 0 bridgehead atoms. The van der Waals surface area contributed by atoms with Crippen LogP contribution in [0.2, 0.25) is 0 Å². The zero-order valence-corrected chi connectivity index (χ0v) is 13.9. The number of amides is 1. The number of carbonyl (C=O) groups excluding carboxylic acids is 1. The fourth-order valence-electron chi connectivity index (χ4n) is 2.25. The Labute approximate surface area is 132 Å². The lowest BCUT2D eigenvalue weighted by atomic mass is 10.1. The first kappa shape index (κ1) is 16.1. The van der Waals surface area contributed by atoms with E-state index in [1.54, 1.807) is 6.92 Å². The van der Waals surface area contributed by atoms with Gasteiger partial charge >= 0.3 is 0 Å². The predicted molar refractivity (Wildman–Crippen MR) is 90.6 cm³/mol. The molecule has 0 spiro atoms. The fourth-order valence-corrected chi connectivity index (χ4v) is 2.25. The lowest BCUT2D eigenvalue weighted by Crippen LogP contribution is -2.30. The van der Waals surface area contributed by atoms with Gasteiger partial charge in [-0.2, -0.15) is 0 Å². The monoisotopic (exact) mass is 297 g/mol. The molecule has 0 fully saturated rings. The summed E-state index contributed by atoms with van der Waals surface area (Å²) in [6.45, 7) is 9.86. The first-order chi connectivity index (χ1) is 10.4. The van der Waals surface area contributed by atoms with Gasteiger partial charge in [0.05, 0.1) is 0 Å². The molecule has 0 aliphatic rings. The molecule has 0 saturated carbocycles. The van der Waals surface area contributed by atoms with Crippen LogP contribution in [-0.4, -0.2) is 12.0 Å². The Bertz CT molecular complexity index is 675. The molecule has 2 aromatic rings. The molecule has 1 N–H and O–H groups in total. The first-order valence-corrected chi connectivity index (χ1v) is 7.49. The minimum atomic E-state index is -0.554. The predicted octanol–water partition coefficient (Wildman–Crippen LogP) is 4.33. The Balaban J connectivity index is 2.07. The number of anilines is 1. The molecule has 0 heterocycles. The lowest BCUT2D eigenvalue weighted by molar-refractivity contribution is -0.122. The summed E-state index contributed by atoms with van der Waals surface area (Å²) in [5.74, 6) is 0.617. The van der Waals surface area contributed by atoms with Crippen LogP contribution in [-0.2, 0) is 4.79 Å². The minimum Gasteiger partial charge on any atom is -0.481 e. The Morgan fingerprint density at radius 3 is 2.27 bits per heavy atom. The van der Waals surface area contributed by atoms with Gasteiger partial charge in [-0.1, -0.05) is 23.8 Å². The topological polar surface area (TPSA) is 38.3 Å². The molecule has 22 heavy (non-hydrogen) atoms. The lowest BCUT2D eigenvalue weighted by Gasteiger charge is -2.18. The van der Waals surface area contributed by atoms with Gasteiger partial charge in [0.15, 0.2) is 6.10 Å². The van der Waals surface area contributed by atoms with Crippen molar-refractivity contribution in [3.05, 3.63) is 58.7 Å².